The molecule has 0 saturated heterocycles. The molecule has 1 atom stereocenters. The third-order valence-electron chi connectivity index (χ3n) is 2.89. The Morgan fingerprint density at radius 3 is 2.56 bits per heavy atom. The van der Waals surface area contributed by atoms with Crippen LogP contribution in [0, 0.1) is 5.92 Å². The van der Waals surface area contributed by atoms with Crippen molar-refractivity contribution in [3.63, 3.8) is 0 Å². The highest BCUT2D eigenvalue weighted by molar-refractivity contribution is 6.32. The number of carbonyl (C=O) groups excluding carboxylic acids is 1. The number of pyridine rings is 1. The average Bonchev–Trinajstić information content (AvgIpc) is 2.26. The molecular formula is C12H17ClN2O. The average molecular weight is 241 g/mol. The van der Waals surface area contributed by atoms with E-state index in [4.69, 9.17) is 11.6 Å². The molecule has 0 N–H and O–H groups in total. The summed E-state index contributed by atoms with van der Waals surface area (Å²) < 4.78 is 0. The van der Waals surface area contributed by atoms with E-state index in [1.165, 1.54) is 0 Å². The molecule has 0 aromatic carbocycles. The maximum atomic E-state index is 12.1. The van der Waals surface area contributed by atoms with E-state index in [2.05, 4.69) is 18.8 Å². The first-order chi connectivity index (χ1) is 7.45. The molecule has 0 aliphatic carbocycles. The van der Waals surface area contributed by atoms with Crippen molar-refractivity contribution in [3.8, 4) is 0 Å². The molecule has 0 fully saturated rings. The van der Waals surface area contributed by atoms with E-state index < -0.39 is 0 Å². The molecule has 1 unspecified atom stereocenters. The molecular weight excluding hydrogens is 224 g/mol. The van der Waals surface area contributed by atoms with E-state index in [9.17, 15) is 4.79 Å². The Morgan fingerprint density at radius 2 is 2.06 bits per heavy atom. The van der Waals surface area contributed by atoms with Gasteiger partial charge in [-0.05, 0) is 25.0 Å². The second-order valence-electron chi connectivity index (χ2n) is 4.24. The number of hydrogen-bond acceptors (Lipinski definition) is 2. The van der Waals surface area contributed by atoms with Gasteiger partial charge in [-0.25, -0.2) is 4.98 Å². The fraction of sp³-hybridized carbons (Fsp3) is 0.500. The Morgan fingerprint density at radius 1 is 1.44 bits per heavy atom. The van der Waals surface area contributed by atoms with Crippen LogP contribution < -0.4 is 0 Å². The molecule has 0 bridgehead atoms. The lowest BCUT2D eigenvalue weighted by Crippen LogP contribution is -2.38. The van der Waals surface area contributed by atoms with Gasteiger partial charge in [0.1, 0.15) is 5.15 Å². The van der Waals surface area contributed by atoms with Crippen LogP contribution in [-0.2, 0) is 0 Å². The molecule has 16 heavy (non-hydrogen) atoms. The molecule has 1 aromatic rings. The largest absolute Gasteiger partial charge is 0.339 e. The van der Waals surface area contributed by atoms with Crippen molar-refractivity contribution >= 4 is 17.5 Å². The smallest absolute Gasteiger partial charge is 0.256 e. The Balaban J connectivity index is 2.91. The van der Waals surface area contributed by atoms with Crippen LogP contribution in [0.15, 0.2) is 18.3 Å². The molecule has 1 aromatic heterocycles. The van der Waals surface area contributed by atoms with Crippen molar-refractivity contribution in [2.45, 2.75) is 26.8 Å². The Bertz CT molecular complexity index is 379. The molecule has 0 aliphatic rings. The monoisotopic (exact) mass is 240 g/mol. The third-order valence-corrected chi connectivity index (χ3v) is 3.19. The molecule has 0 saturated carbocycles. The van der Waals surface area contributed by atoms with E-state index in [0.717, 1.165) is 0 Å². The molecule has 88 valence electrons. The van der Waals surface area contributed by atoms with Gasteiger partial charge in [0.2, 0.25) is 0 Å². The third kappa shape index (κ3) is 2.73. The zero-order valence-corrected chi connectivity index (χ0v) is 10.8. The highest BCUT2D eigenvalue weighted by atomic mass is 35.5. The number of amides is 1. The fourth-order valence-electron chi connectivity index (χ4n) is 1.37. The van der Waals surface area contributed by atoms with Gasteiger partial charge in [-0.15, -0.1) is 0 Å². The predicted octanol–water partition coefficient (Wildman–Crippen LogP) is 2.85. The predicted molar refractivity (Wildman–Crippen MR) is 65.6 cm³/mol. The van der Waals surface area contributed by atoms with Crippen molar-refractivity contribution in [1.82, 2.24) is 9.88 Å². The normalized spacial score (nSPS) is 12.6. The number of rotatable bonds is 3. The van der Waals surface area contributed by atoms with Crippen molar-refractivity contribution in [3.05, 3.63) is 29.0 Å². The second-order valence-corrected chi connectivity index (χ2v) is 4.60. The minimum absolute atomic E-state index is 0.0840. The quantitative estimate of drug-likeness (QED) is 0.762. The molecule has 0 aliphatic heterocycles. The highest BCUT2D eigenvalue weighted by Crippen LogP contribution is 2.17. The summed E-state index contributed by atoms with van der Waals surface area (Å²) >= 11 is 5.89. The first-order valence-electron chi connectivity index (χ1n) is 5.32. The summed E-state index contributed by atoms with van der Waals surface area (Å²) in [6.45, 7) is 6.19. The van der Waals surface area contributed by atoms with Crippen LogP contribution in [0.25, 0.3) is 0 Å². The van der Waals surface area contributed by atoms with E-state index in [-0.39, 0.29) is 17.1 Å². The summed E-state index contributed by atoms with van der Waals surface area (Å²) in [6.07, 6.45) is 1.57. The van der Waals surface area contributed by atoms with Gasteiger partial charge in [0.25, 0.3) is 5.91 Å². The van der Waals surface area contributed by atoms with Gasteiger partial charge in [0.15, 0.2) is 0 Å². The Hall–Kier alpha value is -1.09. The Kier molecular flexibility index (Phi) is 4.30. The molecule has 3 nitrogen and oxygen atoms in total. The lowest BCUT2D eigenvalue weighted by atomic mass is 10.0. The lowest BCUT2D eigenvalue weighted by Gasteiger charge is -2.28. The summed E-state index contributed by atoms with van der Waals surface area (Å²) in [4.78, 5) is 17.7. The summed E-state index contributed by atoms with van der Waals surface area (Å²) in [5, 5.41) is 0.260. The molecule has 1 amide bonds. The van der Waals surface area contributed by atoms with Crippen LogP contribution in [0.5, 0.6) is 0 Å². The van der Waals surface area contributed by atoms with E-state index in [0.29, 0.717) is 11.5 Å². The highest BCUT2D eigenvalue weighted by Gasteiger charge is 2.21. The van der Waals surface area contributed by atoms with Crippen molar-refractivity contribution < 1.29 is 4.79 Å². The van der Waals surface area contributed by atoms with Gasteiger partial charge in [-0.3, -0.25) is 4.79 Å². The van der Waals surface area contributed by atoms with Crippen molar-refractivity contribution in [1.29, 1.82) is 0 Å². The second kappa shape index (κ2) is 5.30. The minimum Gasteiger partial charge on any atom is -0.339 e. The number of halogens is 1. The summed E-state index contributed by atoms with van der Waals surface area (Å²) in [5.74, 6) is 0.323. The van der Waals surface area contributed by atoms with Gasteiger partial charge >= 0.3 is 0 Å². The van der Waals surface area contributed by atoms with Gasteiger partial charge in [0.05, 0.1) is 5.56 Å². The van der Waals surface area contributed by atoms with Crippen molar-refractivity contribution in [2.75, 3.05) is 7.05 Å². The van der Waals surface area contributed by atoms with Gasteiger partial charge < -0.3 is 4.90 Å². The van der Waals surface area contributed by atoms with E-state index in [1.54, 1.807) is 30.3 Å². The summed E-state index contributed by atoms with van der Waals surface area (Å²) in [6, 6.07) is 3.58. The summed E-state index contributed by atoms with van der Waals surface area (Å²) in [7, 11) is 1.79. The Labute approximate surface area is 101 Å². The molecule has 0 spiro atoms. The molecule has 1 rings (SSSR count). The van der Waals surface area contributed by atoms with Crippen LogP contribution >= 0.6 is 11.6 Å². The molecule has 4 heteroatoms. The van der Waals surface area contributed by atoms with Gasteiger partial charge in [0, 0.05) is 19.3 Å². The van der Waals surface area contributed by atoms with Crippen LogP contribution in [0.3, 0.4) is 0 Å². The maximum absolute atomic E-state index is 12.1. The summed E-state index contributed by atoms with van der Waals surface area (Å²) in [5.41, 5.74) is 0.458. The van der Waals surface area contributed by atoms with E-state index >= 15 is 0 Å². The molecule has 1 heterocycles. The fourth-order valence-corrected chi connectivity index (χ4v) is 1.57. The first kappa shape index (κ1) is 13.0. The number of hydrogen-bond donors (Lipinski definition) is 0. The van der Waals surface area contributed by atoms with Crippen LogP contribution in [0.4, 0.5) is 0 Å². The maximum Gasteiger partial charge on any atom is 0.256 e. The number of aromatic nitrogens is 1. The zero-order valence-electron chi connectivity index (χ0n) is 10.1. The number of carbonyl (C=O) groups is 1. The van der Waals surface area contributed by atoms with Crippen LogP contribution in [-0.4, -0.2) is 28.9 Å². The van der Waals surface area contributed by atoms with Crippen LogP contribution in [0.2, 0.25) is 5.15 Å². The minimum atomic E-state index is -0.0840. The first-order valence-corrected chi connectivity index (χ1v) is 5.70. The zero-order chi connectivity index (χ0) is 12.3. The topological polar surface area (TPSA) is 33.2 Å². The van der Waals surface area contributed by atoms with Gasteiger partial charge in [-0.2, -0.15) is 0 Å². The van der Waals surface area contributed by atoms with Crippen LogP contribution in [0.1, 0.15) is 31.1 Å². The van der Waals surface area contributed by atoms with Gasteiger partial charge in [-0.1, -0.05) is 25.4 Å². The van der Waals surface area contributed by atoms with Crippen molar-refractivity contribution in [2.24, 2.45) is 5.92 Å². The SMILES string of the molecule is CC(C)C(C)N(C)C(=O)c1cccnc1Cl. The molecule has 0 radical (unpaired) electrons. The standard InChI is InChI=1S/C12H17ClN2O/c1-8(2)9(3)15(4)12(16)10-6-5-7-14-11(10)13/h5-9H,1-4H3. The lowest BCUT2D eigenvalue weighted by molar-refractivity contribution is 0.0707. The van der Waals surface area contributed by atoms with E-state index in [1.807, 2.05) is 6.92 Å². The number of nitrogens with zero attached hydrogens (tertiary/aromatic N) is 2.